The number of halogens is 1. The topological polar surface area (TPSA) is 37.8 Å². The van der Waals surface area contributed by atoms with Gasteiger partial charge in [-0.3, -0.25) is 0 Å². The van der Waals surface area contributed by atoms with E-state index in [4.69, 9.17) is 11.6 Å². The van der Waals surface area contributed by atoms with Crippen LogP contribution >= 0.6 is 11.6 Å². The normalized spacial score (nSPS) is 10.0. The average molecular weight is 200 g/mol. The Kier molecular flexibility index (Phi) is 4.54. The first-order valence-electron chi connectivity index (χ1n) is 4.54. The van der Waals surface area contributed by atoms with Gasteiger partial charge in [0.15, 0.2) is 0 Å². The second kappa shape index (κ2) is 5.75. The van der Waals surface area contributed by atoms with Crippen LogP contribution in [0.2, 0.25) is 5.02 Å². The molecule has 0 spiro atoms. The maximum Gasteiger partial charge on any atom is 0.148 e. The number of rotatable bonds is 5. The summed E-state index contributed by atoms with van der Waals surface area (Å²) in [6, 6.07) is 0. The number of nitrogens with zero attached hydrogens (tertiary/aromatic N) is 2. The van der Waals surface area contributed by atoms with Crippen molar-refractivity contribution in [1.29, 1.82) is 0 Å². The van der Waals surface area contributed by atoms with Crippen molar-refractivity contribution in [2.24, 2.45) is 0 Å². The molecule has 0 bridgehead atoms. The standard InChI is InChI=1S/C9H14ClN3/c1-2-3-4-5-12-9-8(10)6-11-7-13-9/h6-7H,2-5H2,1H3,(H,11,12,13). The van der Waals surface area contributed by atoms with E-state index in [1.165, 1.54) is 19.2 Å². The summed E-state index contributed by atoms with van der Waals surface area (Å²) in [7, 11) is 0. The first kappa shape index (κ1) is 10.3. The Morgan fingerprint density at radius 3 is 3.00 bits per heavy atom. The van der Waals surface area contributed by atoms with Crippen LogP contribution in [0.4, 0.5) is 5.82 Å². The van der Waals surface area contributed by atoms with E-state index in [-0.39, 0.29) is 0 Å². The molecule has 0 aromatic carbocycles. The summed E-state index contributed by atoms with van der Waals surface area (Å²) >= 11 is 5.85. The number of nitrogens with one attached hydrogen (secondary N) is 1. The highest BCUT2D eigenvalue weighted by molar-refractivity contribution is 6.32. The summed E-state index contributed by atoms with van der Waals surface area (Å²) in [5.41, 5.74) is 0. The van der Waals surface area contributed by atoms with Gasteiger partial charge in [0.25, 0.3) is 0 Å². The zero-order valence-corrected chi connectivity index (χ0v) is 8.51. The van der Waals surface area contributed by atoms with Gasteiger partial charge in [0.1, 0.15) is 17.2 Å². The number of unbranched alkanes of at least 4 members (excludes halogenated alkanes) is 2. The van der Waals surface area contributed by atoms with Gasteiger partial charge in [0.05, 0.1) is 6.20 Å². The first-order chi connectivity index (χ1) is 6.34. The van der Waals surface area contributed by atoms with Gasteiger partial charge in [-0.05, 0) is 6.42 Å². The molecule has 1 rings (SSSR count). The Morgan fingerprint density at radius 2 is 2.31 bits per heavy atom. The van der Waals surface area contributed by atoms with Gasteiger partial charge >= 0.3 is 0 Å². The van der Waals surface area contributed by atoms with Crippen LogP contribution in [-0.4, -0.2) is 16.5 Å². The molecule has 0 atom stereocenters. The third-order valence-electron chi connectivity index (χ3n) is 1.74. The fourth-order valence-corrected chi connectivity index (χ4v) is 1.20. The molecule has 0 aliphatic heterocycles. The smallest absolute Gasteiger partial charge is 0.148 e. The van der Waals surface area contributed by atoms with Crippen molar-refractivity contribution in [2.75, 3.05) is 11.9 Å². The molecule has 0 saturated heterocycles. The SMILES string of the molecule is CCCCCNc1ncncc1Cl. The molecule has 1 aromatic rings. The van der Waals surface area contributed by atoms with Gasteiger partial charge in [-0.25, -0.2) is 9.97 Å². The molecule has 0 radical (unpaired) electrons. The predicted octanol–water partition coefficient (Wildman–Crippen LogP) is 2.73. The van der Waals surface area contributed by atoms with Gasteiger partial charge in [-0.1, -0.05) is 31.4 Å². The summed E-state index contributed by atoms with van der Waals surface area (Å²) in [6.07, 6.45) is 6.69. The molecular formula is C9H14ClN3. The Labute approximate surface area is 83.5 Å². The van der Waals surface area contributed by atoms with E-state index in [2.05, 4.69) is 22.2 Å². The van der Waals surface area contributed by atoms with Gasteiger partial charge in [0, 0.05) is 6.54 Å². The molecule has 0 aliphatic carbocycles. The van der Waals surface area contributed by atoms with Crippen LogP contribution in [0, 0.1) is 0 Å². The number of anilines is 1. The number of hydrogen-bond donors (Lipinski definition) is 1. The second-order valence-corrected chi connectivity index (χ2v) is 3.26. The highest BCUT2D eigenvalue weighted by Crippen LogP contribution is 2.15. The van der Waals surface area contributed by atoms with Gasteiger partial charge in [-0.2, -0.15) is 0 Å². The third-order valence-corrected chi connectivity index (χ3v) is 2.02. The fourth-order valence-electron chi connectivity index (χ4n) is 1.02. The summed E-state index contributed by atoms with van der Waals surface area (Å²) in [6.45, 7) is 3.10. The monoisotopic (exact) mass is 199 g/mol. The van der Waals surface area contributed by atoms with E-state index in [9.17, 15) is 0 Å². The molecule has 0 saturated carbocycles. The minimum atomic E-state index is 0.582. The molecule has 3 nitrogen and oxygen atoms in total. The lowest BCUT2D eigenvalue weighted by atomic mass is 10.2. The molecule has 4 heteroatoms. The molecule has 1 heterocycles. The van der Waals surface area contributed by atoms with Crippen molar-refractivity contribution in [3.63, 3.8) is 0 Å². The summed E-state index contributed by atoms with van der Waals surface area (Å²) in [5, 5.41) is 3.75. The molecule has 0 aliphatic rings. The van der Waals surface area contributed by atoms with E-state index in [1.807, 2.05) is 0 Å². The fraction of sp³-hybridized carbons (Fsp3) is 0.556. The molecule has 1 N–H and O–H groups in total. The minimum absolute atomic E-state index is 0.582. The zero-order chi connectivity index (χ0) is 9.52. The number of hydrogen-bond acceptors (Lipinski definition) is 3. The average Bonchev–Trinajstić information content (AvgIpc) is 2.15. The quantitative estimate of drug-likeness (QED) is 0.742. The van der Waals surface area contributed by atoms with Crippen molar-refractivity contribution in [2.45, 2.75) is 26.2 Å². The number of aromatic nitrogens is 2. The Hall–Kier alpha value is -0.830. The Bertz CT molecular complexity index is 252. The van der Waals surface area contributed by atoms with E-state index in [0.717, 1.165) is 18.8 Å². The van der Waals surface area contributed by atoms with Crippen LogP contribution in [0.1, 0.15) is 26.2 Å². The lowest BCUT2D eigenvalue weighted by Gasteiger charge is -2.05. The predicted molar refractivity (Wildman–Crippen MR) is 55.1 cm³/mol. The third kappa shape index (κ3) is 3.59. The van der Waals surface area contributed by atoms with Crippen LogP contribution in [-0.2, 0) is 0 Å². The first-order valence-corrected chi connectivity index (χ1v) is 4.91. The molecule has 0 amide bonds. The Morgan fingerprint density at radius 1 is 1.46 bits per heavy atom. The van der Waals surface area contributed by atoms with Crippen LogP contribution in [0.25, 0.3) is 0 Å². The minimum Gasteiger partial charge on any atom is -0.369 e. The molecule has 0 fully saturated rings. The summed E-state index contributed by atoms with van der Waals surface area (Å²) in [5.74, 6) is 0.729. The van der Waals surface area contributed by atoms with Crippen molar-refractivity contribution in [1.82, 2.24) is 9.97 Å². The zero-order valence-electron chi connectivity index (χ0n) is 7.76. The second-order valence-electron chi connectivity index (χ2n) is 2.85. The maximum atomic E-state index is 5.85. The highest BCUT2D eigenvalue weighted by Gasteiger charge is 1.98. The van der Waals surface area contributed by atoms with Crippen molar-refractivity contribution in [3.8, 4) is 0 Å². The lowest BCUT2D eigenvalue weighted by molar-refractivity contribution is 0.742. The molecule has 1 aromatic heterocycles. The molecule has 13 heavy (non-hydrogen) atoms. The van der Waals surface area contributed by atoms with Gasteiger partial charge in [0.2, 0.25) is 0 Å². The van der Waals surface area contributed by atoms with E-state index in [0.29, 0.717) is 5.02 Å². The lowest BCUT2D eigenvalue weighted by Crippen LogP contribution is -2.03. The van der Waals surface area contributed by atoms with Crippen molar-refractivity contribution >= 4 is 17.4 Å². The van der Waals surface area contributed by atoms with E-state index < -0.39 is 0 Å². The van der Waals surface area contributed by atoms with E-state index >= 15 is 0 Å². The van der Waals surface area contributed by atoms with Gasteiger partial charge in [-0.15, -0.1) is 0 Å². The summed E-state index contributed by atoms with van der Waals surface area (Å²) in [4.78, 5) is 7.83. The van der Waals surface area contributed by atoms with Crippen molar-refractivity contribution in [3.05, 3.63) is 17.5 Å². The van der Waals surface area contributed by atoms with Crippen LogP contribution < -0.4 is 5.32 Å². The van der Waals surface area contributed by atoms with Crippen LogP contribution in [0.3, 0.4) is 0 Å². The highest BCUT2D eigenvalue weighted by atomic mass is 35.5. The maximum absolute atomic E-state index is 5.85. The largest absolute Gasteiger partial charge is 0.369 e. The van der Waals surface area contributed by atoms with Gasteiger partial charge < -0.3 is 5.32 Å². The molecule has 72 valence electrons. The van der Waals surface area contributed by atoms with E-state index in [1.54, 1.807) is 6.20 Å². The van der Waals surface area contributed by atoms with Crippen molar-refractivity contribution < 1.29 is 0 Å². The van der Waals surface area contributed by atoms with Crippen LogP contribution in [0.15, 0.2) is 12.5 Å². The van der Waals surface area contributed by atoms with Crippen LogP contribution in [0.5, 0.6) is 0 Å². The summed E-state index contributed by atoms with van der Waals surface area (Å²) < 4.78 is 0. The Balaban J connectivity index is 2.32. The molecule has 0 unspecified atom stereocenters. The molecular weight excluding hydrogens is 186 g/mol.